The summed E-state index contributed by atoms with van der Waals surface area (Å²) in [6.45, 7) is 0.690. The average molecular weight is 453 g/mol. The molecule has 2 aromatic heterocycles. The van der Waals surface area contributed by atoms with Gasteiger partial charge in [0.1, 0.15) is 22.8 Å². The summed E-state index contributed by atoms with van der Waals surface area (Å²) in [5, 5.41) is 10.4. The van der Waals surface area contributed by atoms with Gasteiger partial charge >= 0.3 is 0 Å². The minimum Gasteiger partial charge on any atom is -0.394 e. The quantitative estimate of drug-likeness (QED) is 0.753. The molecule has 160 valence electrons. The van der Waals surface area contributed by atoms with Gasteiger partial charge in [-0.2, -0.15) is 4.98 Å². The van der Waals surface area contributed by atoms with Crippen LogP contribution in [0.3, 0.4) is 0 Å². The summed E-state index contributed by atoms with van der Waals surface area (Å²) in [4.78, 5) is 21.7. The van der Waals surface area contributed by atoms with Gasteiger partial charge in [0.25, 0.3) is 0 Å². The number of halogens is 2. The Morgan fingerprint density at radius 1 is 1.27 bits per heavy atom. The van der Waals surface area contributed by atoms with E-state index in [1.165, 1.54) is 12.4 Å². The Morgan fingerprint density at radius 2 is 2.03 bits per heavy atom. The van der Waals surface area contributed by atoms with Crippen LogP contribution in [-0.2, 0) is 10.8 Å². The number of fused-ring (bicyclic) bond motifs is 1. The number of alkyl halides is 1. The molecule has 0 amide bonds. The van der Waals surface area contributed by atoms with E-state index in [0.29, 0.717) is 46.4 Å². The standard InChI is InChI=1S/C19H22ClFN6O2S/c20-12-6-22-16(23-7-12)13-2-5-26(9-14(13)21)18-24-8-15-17(25-18)27(11-30(15)29)19(10-28)3-1-4-19/h6-8,13-14,28H,1-5,9-11H2. The van der Waals surface area contributed by atoms with Crippen molar-refractivity contribution in [2.45, 2.75) is 48.2 Å². The Labute approximate surface area is 181 Å². The van der Waals surface area contributed by atoms with Crippen LogP contribution in [0, 0.1) is 0 Å². The number of hydrogen-bond donors (Lipinski definition) is 1. The first-order valence-electron chi connectivity index (χ1n) is 10.0. The van der Waals surface area contributed by atoms with E-state index in [9.17, 15) is 13.7 Å². The largest absolute Gasteiger partial charge is 0.394 e. The third-order valence-electron chi connectivity index (χ3n) is 6.42. The van der Waals surface area contributed by atoms with Gasteiger partial charge in [-0.1, -0.05) is 11.6 Å². The fourth-order valence-corrected chi connectivity index (χ4v) is 5.86. The van der Waals surface area contributed by atoms with Crippen molar-refractivity contribution in [3.8, 4) is 0 Å². The Balaban J connectivity index is 1.37. The number of hydrogen-bond acceptors (Lipinski definition) is 8. The van der Waals surface area contributed by atoms with Gasteiger partial charge in [-0.05, 0) is 25.7 Å². The lowest BCUT2D eigenvalue weighted by Crippen LogP contribution is -2.56. The average Bonchev–Trinajstić information content (AvgIpc) is 3.05. The summed E-state index contributed by atoms with van der Waals surface area (Å²) in [6, 6.07) is 0. The van der Waals surface area contributed by atoms with Gasteiger partial charge in [0.05, 0.1) is 46.6 Å². The molecule has 1 saturated heterocycles. The molecule has 4 heterocycles. The van der Waals surface area contributed by atoms with Crippen LogP contribution in [0.25, 0.3) is 0 Å². The predicted octanol–water partition coefficient (Wildman–Crippen LogP) is 2.05. The van der Waals surface area contributed by atoms with Crippen molar-refractivity contribution in [2.75, 3.05) is 35.4 Å². The Bertz CT molecular complexity index is 970. The molecule has 2 aromatic rings. The van der Waals surface area contributed by atoms with Gasteiger partial charge in [0.2, 0.25) is 5.95 Å². The summed E-state index contributed by atoms with van der Waals surface area (Å²) >= 11 is 5.83. The summed E-state index contributed by atoms with van der Waals surface area (Å²) in [5.41, 5.74) is -0.395. The maximum absolute atomic E-state index is 15.0. The first-order valence-corrected chi connectivity index (χ1v) is 11.7. The van der Waals surface area contributed by atoms with E-state index in [2.05, 4.69) is 19.9 Å². The molecule has 0 aromatic carbocycles. The van der Waals surface area contributed by atoms with Crippen molar-refractivity contribution in [1.82, 2.24) is 19.9 Å². The molecule has 1 aliphatic carbocycles. The molecule has 0 bridgehead atoms. The third kappa shape index (κ3) is 3.25. The molecule has 11 heteroatoms. The maximum atomic E-state index is 15.0. The molecule has 3 unspecified atom stereocenters. The van der Waals surface area contributed by atoms with E-state index >= 15 is 0 Å². The van der Waals surface area contributed by atoms with Crippen LogP contribution in [0.2, 0.25) is 5.02 Å². The second kappa shape index (κ2) is 7.65. The Morgan fingerprint density at radius 3 is 2.67 bits per heavy atom. The number of anilines is 2. The van der Waals surface area contributed by atoms with Crippen LogP contribution in [0.15, 0.2) is 23.5 Å². The van der Waals surface area contributed by atoms with Crippen LogP contribution in [0.5, 0.6) is 0 Å². The van der Waals surface area contributed by atoms with Crippen LogP contribution < -0.4 is 9.80 Å². The minimum atomic E-state index is -1.23. The van der Waals surface area contributed by atoms with E-state index < -0.39 is 28.4 Å². The van der Waals surface area contributed by atoms with E-state index in [4.69, 9.17) is 11.6 Å². The zero-order valence-electron chi connectivity index (χ0n) is 16.2. The number of nitrogens with zero attached hydrogens (tertiary/aromatic N) is 6. The number of aromatic nitrogens is 4. The zero-order chi connectivity index (χ0) is 20.9. The van der Waals surface area contributed by atoms with E-state index in [1.807, 2.05) is 9.80 Å². The molecule has 3 aliphatic rings. The van der Waals surface area contributed by atoms with Gasteiger partial charge in [-0.15, -0.1) is 0 Å². The van der Waals surface area contributed by atoms with Crippen molar-refractivity contribution in [3.63, 3.8) is 0 Å². The predicted molar refractivity (Wildman–Crippen MR) is 111 cm³/mol. The molecule has 0 spiro atoms. The van der Waals surface area contributed by atoms with Crippen LogP contribution in [-0.4, -0.2) is 66.5 Å². The van der Waals surface area contributed by atoms with Gasteiger partial charge < -0.3 is 14.9 Å². The minimum absolute atomic E-state index is 0.00200. The molecular formula is C19H22ClFN6O2S. The number of aliphatic hydroxyl groups excluding tert-OH is 1. The van der Waals surface area contributed by atoms with Gasteiger partial charge in [-0.3, -0.25) is 4.21 Å². The lowest BCUT2D eigenvalue weighted by atomic mass is 9.76. The van der Waals surface area contributed by atoms with Gasteiger partial charge in [0, 0.05) is 18.9 Å². The smallest absolute Gasteiger partial charge is 0.227 e. The van der Waals surface area contributed by atoms with Crippen molar-refractivity contribution in [3.05, 3.63) is 29.4 Å². The highest BCUT2D eigenvalue weighted by Gasteiger charge is 2.47. The van der Waals surface area contributed by atoms with E-state index in [-0.39, 0.29) is 13.2 Å². The molecule has 1 saturated carbocycles. The first kappa shape index (κ1) is 20.0. The fraction of sp³-hybridized carbons (Fsp3) is 0.579. The SMILES string of the molecule is O=S1CN(C2(CO)CCC2)c2nc(N3CCC(c4ncc(Cl)cn4)C(F)C3)ncc21. The molecule has 2 aliphatic heterocycles. The monoisotopic (exact) mass is 452 g/mol. The van der Waals surface area contributed by atoms with E-state index in [1.54, 1.807) is 6.20 Å². The highest BCUT2D eigenvalue weighted by atomic mass is 35.5. The topological polar surface area (TPSA) is 95.3 Å². The molecule has 8 nitrogen and oxygen atoms in total. The molecule has 2 fully saturated rings. The van der Waals surface area contributed by atoms with Crippen molar-refractivity contribution >= 4 is 34.2 Å². The second-order valence-electron chi connectivity index (χ2n) is 8.11. The second-order valence-corrected chi connectivity index (χ2v) is 9.94. The molecule has 5 rings (SSSR count). The normalized spacial score (nSPS) is 27.6. The summed E-state index contributed by atoms with van der Waals surface area (Å²) in [7, 11) is -1.23. The molecule has 30 heavy (non-hydrogen) atoms. The third-order valence-corrected chi connectivity index (χ3v) is 7.88. The maximum Gasteiger partial charge on any atom is 0.227 e. The van der Waals surface area contributed by atoms with E-state index in [0.717, 1.165) is 19.3 Å². The van der Waals surface area contributed by atoms with Crippen LogP contribution in [0.1, 0.15) is 37.4 Å². The summed E-state index contributed by atoms with van der Waals surface area (Å²) < 4.78 is 27.5. The highest BCUT2D eigenvalue weighted by Crippen LogP contribution is 2.44. The van der Waals surface area contributed by atoms with Gasteiger partial charge in [-0.25, -0.2) is 19.3 Å². The Hall–Kier alpha value is -1.91. The van der Waals surface area contributed by atoms with Gasteiger partial charge in [0.15, 0.2) is 5.82 Å². The van der Waals surface area contributed by atoms with Crippen molar-refractivity contribution < 1.29 is 13.7 Å². The summed E-state index contributed by atoms with van der Waals surface area (Å²) in [5.74, 6) is 1.40. The van der Waals surface area contributed by atoms with Crippen LogP contribution in [0.4, 0.5) is 16.2 Å². The lowest BCUT2D eigenvalue weighted by molar-refractivity contribution is 0.119. The molecule has 3 atom stereocenters. The zero-order valence-corrected chi connectivity index (χ0v) is 17.8. The van der Waals surface area contributed by atoms with Crippen LogP contribution >= 0.6 is 11.6 Å². The molecule has 0 radical (unpaired) electrons. The first-order chi connectivity index (χ1) is 14.5. The van der Waals surface area contributed by atoms with Crippen molar-refractivity contribution in [2.24, 2.45) is 0 Å². The highest BCUT2D eigenvalue weighted by molar-refractivity contribution is 7.85. The number of aliphatic hydroxyl groups is 1. The van der Waals surface area contributed by atoms with Crippen molar-refractivity contribution in [1.29, 1.82) is 0 Å². The Kier molecular flexibility index (Phi) is 5.11. The number of piperidine rings is 1. The molecular weight excluding hydrogens is 431 g/mol. The summed E-state index contributed by atoms with van der Waals surface area (Å²) in [6.07, 6.45) is 6.63. The lowest BCUT2D eigenvalue weighted by Gasteiger charge is -2.47. The number of rotatable bonds is 4. The fourth-order valence-electron chi connectivity index (χ4n) is 4.46. The molecule has 1 N–H and O–H groups in total.